The number of rotatable bonds is 1. The van der Waals surface area contributed by atoms with Crippen LogP contribution in [0.5, 0.6) is 0 Å². The number of amides is 1. The number of aromatic amines is 1. The molecular formula is C20H21N3O2. The van der Waals surface area contributed by atoms with Crippen LogP contribution in [0.3, 0.4) is 0 Å². The molecule has 0 aliphatic carbocycles. The maximum absolute atomic E-state index is 12.5. The van der Waals surface area contributed by atoms with Crippen LogP contribution in [0.4, 0.5) is 10.5 Å². The summed E-state index contributed by atoms with van der Waals surface area (Å²) in [7, 11) is 0. The molecule has 0 unspecified atom stereocenters. The number of fused-ring (bicyclic) bond motifs is 2. The van der Waals surface area contributed by atoms with Crippen LogP contribution in [0.2, 0.25) is 0 Å². The van der Waals surface area contributed by atoms with Crippen molar-refractivity contribution in [2.24, 2.45) is 0 Å². The maximum atomic E-state index is 12.5. The van der Waals surface area contributed by atoms with E-state index in [0.717, 1.165) is 39.8 Å². The van der Waals surface area contributed by atoms with Gasteiger partial charge in [0.25, 0.3) is 0 Å². The number of ether oxygens (including phenoxy) is 1. The van der Waals surface area contributed by atoms with Gasteiger partial charge < -0.3 is 4.74 Å². The van der Waals surface area contributed by atoms with Crippen molar-refractivity contribution in [3.05, 3.63) is 48.0 Å². The van der Waals surface area contributed by atoms with Crippen molar-refractivity contribution in [3.8, 4) is 11.3 Å². The van der Waals surface area contributed by atoms with Crippen LogP contribution < -0.4 is 4.90 Å². The number of hydrogen-bond acceptors (Lipinski definition) is 3. The van der Waals surface area contributed by atoms with Crippen LogP contribution in [0.1, 0.15) is 26.3 Å². The molecule has 1 aliphatic rings. The Kier molecular flexibility index (Phi) is 3.53. The zero-order chi connectivity index (χ0) is 17.6. The van der Waals surface area contributed by atoms with Crippen molar-refractivity contribution in [1.29, 1.82) is 0 Å². The second-order valence-corrected chi connectivity index (χ2v) is 7.34. The summed E-state index contributed by atoms with van der Waals surface area (Å²) in [4.78, 5) is 14.2. The third kappa shape index (κ3) is 2.86. The summed E-state index contributed by atoms with van der Waals surface area (Å²) in [5, 5.41) is 8.60. The number of anilines is 1. The number of hydrogen-bond donors (Lipinski definition) is 1. The lowest BCUT2D eigenvalue weighted by molar-refractivity contribution is 0.0584. The van der Waals surface area contributed by atoms with Gasteiger partial charge in [0.05, 0.1) is 16.9 Å². The molecule has 1 aliphatic heterocycles. The Labute approximate surface area is 146 Å². The standard InChI is InChI=1S/C20H21N3O2/c1-20(2,3)25-19(24)23-11-10-13-8-9-14(12-17(13)23)18-15-6-4-5-7-16(15)21-22-18/h4-9,12H,10-11H2,1-3H3,(H,21,22). The van der Waals surface area contributed by atoms with Gasteiger partial charge in [-0.1, -0.05) is 30.3 Å². The van der Waals surface area contributed by atoms with Gasteiger partial charge in [-0.25, -0.2) is 4.79 Å². The lowest BCUT2D eigenvalue weighted by atomic mass is 10.0. The van der Waals surface area contributed by atoms with E-state index in [2.05, 4.69) is 22.3 Å². The average molecular weight is 335 g/mol. The van der Waals surface area contributed by atoms with Crippen molar-refractivity contribution in [3.63, 3.8) is 0 Å². The van der Waals surface area contributed by atoms with Gasteiger partial charge in [-0.3, -0.25) is 10.00 Å². The van der Waals surface area contributed by atoms with Crippen molar-refractivity contribution in [2.45, 2.75) is 32.8 Å². The third-order valence-corrected chi connectivity index (χ3v) is 4.34. The number of carbonyl (C=O) groups excluding carboxylic acids is 1. The molecule has 4 rings (SSSR count). The SMILES string of the molecule is CC(C)(C)OC(=O)N1CCc2ccc(-c3n[nH]c4ccccc34)cc21. The van der Waals surface area contributed by atoms with Crippen molar-refractivity contribution >= 4 is 22.7 Å². The predicted octanol–water partition coefficient (Wildman–Crippen LogP) is 4.53. The highest BCUT2D eigenvalue weighted by molar-refractivity contribution is 5.96. The summed E-state index contributed by atoms with van der Waals surface area (Å²) in [6.45, 7) is 6.30. The number of para-hydroxylation sites is 1. The fourth-order valence-corrected chi connectivity index (χ4v) is 3.22. The van der Waals surface area contributed by atoms with Crippen LogP contribution in [0.15, 0.2) is 42.5 Å². The molecule has 25 heavy (non-hydrogen) atoms. The molecular weight excluding hydrogens is 314 g/mol. The molecule has 2 heterocycles. The minimum absolute atomic E-state index is 0.296. The highest BCUT2D eigenvalue weighted by Gasteiger charge is 2.29. The summed E-state index contributed by atoms with van der Waals surface area (Å²) in [6.07, 6.45) is 0.547. The summed E-state index contributed by atoms with van der Waals surface area (Å²) in [5.41, 5.74) is 4.46. The Morgan fingerprint density at radius 3 is 2.80 bits per heavy atom. The second-order valence-electron chi connectivity index (χ2n) is 7.34. The largest absolute Gasteiger partial charge is 0.443 e. The molecule has 0 spiro atoms. The monoisotopic (exact) mass is 335 g/mol. The first-order chi connectivity index (χ1) is 11.9. The van der Waals surface area contributed by atoms with Gasteiger partial charge in [-0.05, 0) is 44.9 Å². The number of aromatic nitrogens is 2. The summed E-state index contributed by atoms with van der Waals surface area (Å²) in [6, 6.07) is 14.2. The van der Waals surface area contributed by atoms with E-state index in [9.17, 15) is 4.79 Å². The highest BCUT2D eigenvalue weighted by atomic mass is 16.6. The topological polar surface area (TPSA) is 58.2 Å². The molecule has 2 aromatic carbocycles. The summed E-state index contributed by atoms with van der Waals surface area (Å²) >= 11 is 0. The fourth-order valence-electron chi connectivity index (χ4n) is 3.22. The van der Waals surface area contributed by atoms with Gasteiger partial charge >= 0.3 is 6.09 Å². The van der Waals surface area contributed by atoms with Crippen LogP contribution >= 0.6 is 0 Å². The number of nitrogens with one attached hydrogen (secondary N) is 1. The van der Waals surface area contributed by atoms with Gasteiger partial charge in [0.15, 0.2) is 0 Å². The zero-order valence-corrected chi connectivity index (χ0v) is 14.7. The molecule has 5 nitrogen and oxygen atoms in total. The van der Waals surface area contributed by atoms with Crippen LogP contribution in [-0.4, -0.2) is 28.4 Å². The van der Waals surface area contributed by atoms with Crippen LogP contribution in [0.25, 0.3) is 22.2 Å². The van der Waals surface area contributed by atoms with Gasteiger partial charge in [-0.15, -0.1) is 0 Å². The lowest BCUT2D eigenvalue weighted by Gasteiger charge is -2.25. The average Bonchev–Trinajstić information content (AvgIpc) is 3.16. The Morgan fingerprint density at radius 1 is 1.20 bits per heavy atom. The molecule has 3 aromatic rings. The van der Waals surface area contributed by atoms with Gasteiger partial charge in [0, 0.05) is 17.5 Å². The Balaban J connectivity index is 1.72. The van der Waals surface area contributed by atoms with Gasteiger partial charge in [-0.2, -0.15) is 5.10 Å². The molecule has 1 amide bonds. The lowest BCUT2D eigenvalue weighted by Crippen LogP contribution is -2.35. The Morgan fingerprint density at radius 2 is 2.00 bits per heavy atom. The van der Waals surface area contributed by atoms with E-state index in [1.807, 2.05) is 51.1 Å². The molecule has 1 N–H and O–H groups in total. The van der Waals surface area contributed by atoms with E-state index in [1.165, 1.54) is 0 Å². The van der Waals surface area contributed by atoms with Crippen LogP contribution in [0, 0.1) is 0 Å². The van der Waals surface area contributed by atoms with E-state index in [-0.39, 0.29) is 6.09 Å². The van der Waals surface area contributed by atoms with Crippen molar-refractivity contribution < 1.29 is 9.53 Å². The molecule has 128 valence electrons. The molecule has 5 heteroatoms. The Bertz CT molecular complexity index is 953. The van der Waals surface area contributed by atoms with E-state index in [4.69, 9.17) is 4.74 Å². The number of benzene rings is 2. The number of carbonyl (C=O) groups is 1. The van der Waals surface area contributed by atoms with Gasteiger partial charge in [0.2, 0.25) is 0 Å². The van der Waals surface area contributed by atoms with Crippen LogP contribution in [-0.2, 0) is 11.2 Å². The molecule has 1 aromatic heterocycles. The quantitative estimate of drug-likeness (QED) is 0.711. The van der Waals surface area contributed by atoms with E-state index >= 15 is 0 Å². The molecule has 0 radical (unpaired) electrons. The first-order valence-electron chi connectivity index (χ1n) is 8.49. The first-order valence-corrected chi connectivity index (χ1v) is 8.49. The normalized spacial score (nSPS) is 14.0. The summed E-state index contributed by atoms with van der Waals surface area (Å²) < 4.78 is 5.54. The second kappa shape index (κ2) is 5.62. The predicted molar refractivity (Wildman–Crippen MR) is 98.8 cm³/mol. The van der Waals surface area contributed by atoms with Crippen molar-refractivity contribution in [2.75, 3.05) is 11.4 Å². The van der Waals surface area contributed by atoms with E-state index < -0.39 is 5.60 Å². The minimum atomic E-state index is -0.504. The first kappa shape index (κ1) is 15.7. The van der Waals surface area contributed by atoms with E-state index in [0.29, 0.717) is 6.54 Å². The smallest absolute Gasteiger partial charge is 0.414 e. The zero-order valence-electron chi connectivity index (χ0n) is 14.7. The minimum Gasteiger partial charge on any atom is -0.443 e. The number of nitrogens with zero attached hydrogens (tertiary/aromatic N) is 2. The van der Waals surface area contributed by atoms with Gasteiger partial charge in [0.1, 0.15) is 5.60 Å². The molecule has 0 bridgehead atoms. The third-order valence-electron chi connectivity index (χ3n) is 4.34. The fraction of sp³-hybridized carbons (Fsp3) is 0.300. The molecule has 0 saturated carbocycles. The maximum Gasteiger partial charge on any atom is 0.414 e. The van der Waals surface area contributed by atoms with E-state index in [1.54, 1.807) is 4.90 Å². The Hall–Kier alpha value is -2.82. The van der Waals surface area contributed by atoms with Crippen molar-refractivity contribution in [1.82, 2.24) is 10.2 Å². The summed E-state index contributed by atoms with van der Waals surface area (Å²) in [5.74, 6) is 0. The molecule has 0 saturated heterocycles. The highest BCUT2D eigenvalue weighted by Crippen LogP contribution is 2.35. The molecule has 0 atom stereocenters. The number of H-pyrrole nitrogens is 1. The molecule has 0 fully saturated rings.